The van der Waals surface area contributed by atoms with E-state index in [0.717, 1.165) is 10.0 Å². The van der Waals surface area contributed by atoms with Crippen LogP contribution in [-0.2, 0) is 4.79 Å². The quantitative estimate of drug-likeness (QED) is 0.911. The van der Waals surface area contributed by atoms with E-state index in [1.807, 2.05) is 12.1 Å². The number of benzene rings is 1. The molecule has 0 radical (unpaired) electrons. The number of thioether (sulfide) groups is 1. The Hall–Kier alpha value is -0.520. The normalized spacial score (nSPS) is 19.6. The van der Waals surface area contributed by atoms with Gasteiger partial charge < -0.3 is 5.11 Å². The average Bonchev–Trinajstić information content (AvgIpc) is 2.66. The molecule has 6 heteroatoms. The van der Waals surface area contributed by atoms with Crippen molar-refractivity contribution in [1.82, 2.24) is 0 Å². The molecular formula is C10H7BrClNO2S. The van der Waals surface area contributed by atoms with Gasteiger partial charge in [0, 0.05) is 15.8 Å². The number of carboxylic acids is 1. The van der Waals surface area contributed by atoms with Gasteiger partial charge in [0.1, 0.15) is 5.04 Å². The van der Waals surface area contributed by atoms with Crippen LogP contribution in [0.3, 0.4) is 0 Å². The summed E-state index contributed by atoms with van der Waals surface area (Å²) in [6.07, 6.45) is 0. The van der Waals surface area contributed by atoms with E-state index in [9.17, 15) is 4.79 Å². The molecule has 0 fully saturated rings. The van der Waals surface area contributed by atoms with E-state index in [1.165, 1.54) is 11.8 Å². The molecule has 1 aliphatic heterocycles. The summed E-state index contributed by atoms with van der Waals surface area (Å²) in [4.78, 5) is 14.9. The van der Waals surface area contributed by atoms with E-state index < -0.39 is 12.0 Å². The summed E-state index contributed by atoms with van der Waals surface area (Å²) >= 11 is 10.8. The first-order chi connectivity index (χ1) is 7.58. The van der Waals surface area contributed by atoms with Crippen LogP contribution in [0.1, 0.15) is 5.56 Å². The van der Waals surface area contributed by atoms with Crippen molar-refractivity contribution in [2.24, 2.45) is 4.99 Å². The van der Waals surface area contributed by atoms with Crippen molar-refractivity contribution in [2.75, 3.05) is 5.75 Å². The third kappa shape index (κ3) is 2.42. The maximum atomic E-state index is 10.8. The maximum Gasteiger partial charge on any atom is 0.329 e. The van der Waals surface area contributed by atoms with Crippen LogP contribution in [0.15, 0.2) is 27.7 Å². The lowest BCUT2D eigenvalue weighted by atomic mass is 10.2. The Bertz CT molecular complexity index is 478. The van der Waals surface area contributed by atoms with Gasteiger partial charge in [-0.15, -0.1) is 11.8 Å². The number of halogens is 2. The van der Waals surface area contributed by atoms with Crippen molar-refractivity contribution in [2.45, 2.75) is 6.04 Å². The molecule has 0 saturated heterocycles. The molecule has 1 atom stereocenters. The fourth-order valence-electron chi connectivity index (χ4n) is 1.31. The number of carboxylic acid groups (broad SMARTS) is 1. The smallest absolute Gasteiger partial charge is 0.329 e. The van der Waals surface area contributed by atoms with Crippen LogP contribution in [0, 0.1) is 0 Å². The molecule has 1 unspecified atom stereocenters. The van der Waals surface area contributed by atoms with Gasteiger partial charge in [-0.1, -0.05) is 27.5 Å². The van der Waals surface area contributed by atoms with Crippen LogP contribution in [-0.4, -0.2) is 27.9 Å². The number of hydrogen-bond donors (Lipinski definition) is 1. The maximum absolute atomic E-state index is 10.8. The third-order valence-corrected chi connectivity index (χ3v) is 3.98. The zero-order valence-electron chi connectivity index (χ0n) is 7.98. The van der Waals surface area contributed by atoms with Crippen molar-refractivity contribution < 1.29 is 9.90 Å². The van der Waals surface area contributed by atoms with Crippen LogP contribution >= 0.6 is 39.3 Å². The minimum atomic E-state index is -0.893. The minimum Gasteiger partial charge on any atom is -0.480 e. The Morgan fingerprint density at radius 2 is 2.38 bits per heavy atom. The predicted octanol–water partition coefficient (Wildman–Crippen LogP) is 3.05. The lowest BCUT2D eigenvalue weighted by molar-refractivity contribution is -0.137. The molecule has 0 bridgehead atoms. The Morgan fingerprint density at radius 1 is 1.62 bits per heavy atom. The van der Waals surface area contributed by atoms with Gasteiger partial charge in [-0.05, 0) is 18.2 Å². The second-order valence-electron chi connectivity index (χ2n) is 3.22. The number of rotatable bonds is 2. The fourth-order valence-corrected chi connectivity index (χ4v) is 3.20. The van der Waals surface area contributed by atoms with Gasteiger partial charge in [0.15, 0.2) is 6.04 Å². The molecule has 0 aliphatic carbocycles. The number of hydrogen-bond acceptors (Lipinski definition) is 3. The monoisotopic (exact) mass is 319 g/mol. The van der Waals surface area contributed by atoms with Gasteiger partial charge in [-0.3, -0.25) is 4.99 Å². The number of aliphatic carboxylic acids is 1. The van der Waals surface area contributed by atoms with Crippen LogP contribution in [0.25, 0.3) is 0 Å². The summed E-state index contributed by atoms with van der Waals surface area (Å²) in [5.74, 6) is -0.424. The molecule has 84 valence electrons. The molecule has 2 rings (SSSR count). The Labute approximate surface area is 110 Å². The lowest BCUT2D eigenvalue weighted by Gasteiger charge is -2.02. The van der Waals surface area contributed by atoms with E-state index in [1.54, 1.807) is 6.07 Å². The number of aliphatic imine (C=N–C) groups is 1. The highest BCUT2D eigenvalue weighted by Gasteiger charge is 2.25. The molecule has 0 aromatic heterocycles. The molecule has 1 heterocycles. The largest absolute Gasteiger partial charge is 0.480 e. The molecule has 0 spiro atoms. The summed E-state index contributed by atoms with van der Waals surface area (Å²) in [7, 11) is 0. The highest BCUT2D eigenvalue weighted by atomic mass is 79.9. The van der Waals surface area contributed by atoms with Gasteiger partial charge in [-0.25, -0.2) is 4.79 Å². The molecule has 3 nitrogen and oxygen atoms in total. The summed E-state index contributed by atoms with van der Waals surface area (Å²) in [5, 5.41) is 10.1. The Balaban J connectivity index is 2.32. The SMILES string of the molecule is O=C(O)C1CSC(c2ccc(Br)cc2Cl)=N1. The van der Waals surface area contributed by atoms with Gasteiger partial charge in [0.25, 0.3) is 0 Å². The zero-order chi connectivity index (χ0) is 11.7. The lowest BCUT2D eigenvalue weighted by Crippen LogP contribution is -2.17. The van der Waals surface area contributed by atoms with Gasteiger partial charge in [-0.2, -0.15) is 0 Å². The third-order valence-electron chi connectivity index (χ3n) is 2.10. The fraction of sp³-hybridized carbons (Fsp3) is 0.200. The highest BCUT2D eigenvalue weighted by molar-refractivity contribution is 9.10. The summed E-state index contributed by atoms with van der Waals surface area (Å²) in [5.41, 5.74) is 0.790. The first-order valence-electron chi connectivity index (χ1n) is 4.47. The first kappa shape index (κ1) is 12.0. The van der Waals surface area contributed by atoms with Gasteiger partial charge >= 0.3 is 5.97 Å². The highest BCUT2D eigenvalue weighted by Crippen LogP contribution is 2.29. The van der Waals surface area contributed by atoms with Gasteiger partial charge in [0.05, 0.1) is 5.02 Å². The molecule has 1 aromatic carbocycles. The van der Waals surface area contributed by atoms with Crippen molar-refractivity contribution in [3.8, 4) is 0 Å². The Morgan fingerprint density at radius 3 is 2.94 bits per heavy atom. The molecule has 0 amide bonds. The Kier molecular flexibility index (Phi) is 3.56. The molecular weight excluding hydrogens is 314 g/mol. The van der Waals surface area contributed by atoms with E-state index in [0.29, 0.717) is 15.8 Å². The average molecular weight is 321 g/mol. The minimum absolute atomic E-state index is 0.469. The van der Waals surface area contributed by atoms with Crippen molar-refractivity contribution in [1.29, 1.82) is 0 Å². The van der Waals surface area contributed by atoms with Gasteiger partial charge in [0.2, 0.25) is 0 Å². The van der Waals surface area contributed by atoms with Crippen LogP contribution in [0.4, 0.5) is 0 Å². The van der Waals surface area contributed by atoms with Crippen LogP contribution < -0.4 is 0 Å². The topological polar surface area (TPSA) is 49.7 Å². The first-order valence-corrected chi connectivity index (χ1v) is 6.62. The second kappa shape index (κ2) is 4.77. The molecule has 1 N–H and O–H groups in total. The standard InChI is InChI=1S/C10H7BrClNO2S/c11-5-1-2-6(7(12)3-5)9-13-8(4-16-9)10(14)15/h1-3,8H,4H2,(H,14,15). The second-order valence-corrected chi connectivity index (χ2v) is 5.56. The molecule has 1 aromatic rings. The number of carbonyl (C=O) groups is 1. The van der Waals surface area contributed by atoms with Crippen LogP contribution in [0.2, 0.25) is 5.02 Å². The van der Waals surface area contributed by atoms with E-state index >= 15 is 0 Å². The predicted molar refractivity (Wildman–Crippen MR) is 69.6 cm³/mol. The molecule has 1 aliphatic rings. The van der Waals surface area contributed by atoms with Crippen molar-refractivity contribution >= 4 is 50.3 Å². The molecule has 16 heavy (non-hydrogen) atoms. The van der Waals surface area contributed by atoms with Crippen LogP contribution in [0.5, 0.6) is 0 Å². The summed E-state index contributed by atoms with van der Waals surface area (Å²) in [6, 6.07) is 4.81. The summed E-state index contributed by atoms with van der Waals surface area (Å²) in [6.45, 7) is 0. The van der Waals surface area contributed by atoms with E-state index in [-0.39, 0.29) is 0 Å². The molecule has 0 saturated carbocycles. The zero-order valence-corrected chi connectivity index (χ0v) is 11.1. The number of nitrogens with zero attached hydrogens (tertiary/aromatic N) is 1. The van der Waals surface area contributed by atoms with Crippen molar-refractivity contribution in [3.05, 3.63) is 33.3 Å². The van der Waals surface area contributed by atoms with Crippen molar-refractivity contribution in [3.63, 3.8) is 0 Å². The van der Waals surface area contributed by atoms with E-state index in [2.05, 4.69) is 20.9 Å². The summed E-state index contributed by atoms with van der Waals surface area (Å²) < 4.78 is 0.889. The van der Waals surface area contributed by atoms with E-state index in [4.69, 9.17) is 16.7 Å².